The summed E-state index contributed by atoms with van der Waals surface area (Å²) in [5.74, 6) is -0.898. The Morgan fingerprint density at radius 2 is 2.35 bits per heavy atom. The normalized spacial score (nSPS) is 25.3. The SMILES string of the molecule is CC=C1C(=O)N2C(C(=O)O)=C(SCCO)S[C@@H]12. The molecule has 0 aromatic carbocycles. The van der Waals surface area contributed by atoms with E-state index >= 15 is 0 Å². The molecule has 5 nitrogen and oxygen atoms in total. The minimum atomic E-state index is -1.09. The predicted octanol–water partition coefficient (Wildman–Crippen LogP) is 0.827. The quantitative estimate of drug-likeness (QED) is 0.583. The first-order valence-electron chi connectivity index (χ1n) is 4.99. The van der Waals surface area contributed by atoms with Gasteiger partial charge in [0, 0.05) is 11.3 Å². The summed E-state index contributed by atoms with van der Waals surface area (Å²) in [6, 6.07) is 0. The number of allylic oxidation sites excluding steroid dienone is 1. The first-order valence-corrected chi connectivity index (χ1v) is 6.86. The Hall–Kier alpha value is -0.920. The van der Waals surface area contributed by atoms with Crippen LogP contribution in [-0.2, 0) is 9.59 Å². The van der Waals surface area contributed by atoms with Gasteiger partial charge in [-0.25, -0.2) is 4.79 Å². The lowest BCUT2D eigenvalue weighted by molar-refractivity contribution is -0.141. The van der Waals surface area contributed by atoms with Crippen molar-refractivity contribution in [2.24, 2.45) is 0 Å². The van der Waals surface area contributed by atoms with E-state index in [9.17, 15) is 9.59 Å². The van der Waals surface area contributed by atoms with Crippen LogP contribution in [0.5, 0.6) is 0 Å². The Labute approximate surface area is 107 Å². The maximum atomic E-state index is 11.7. The van der Waals surface area contributed by atoms with Crippen LogP contribution in [0.1, 0.15) is 6.92 Å². The highest BCUT2D eigenvalue weighted by Gasteiger charge is 2.52. The summed E-state index contributed by atoms with van der Waals surface area (Å²) >= 11 is 2.63. The van der Waals surface area contributed by atoms with E-state index in [2.05, 4.69) is 0 Å². The number of amides is 1. The molecule has 2 N–H and O–H groups in total. The number of carboxylic acids is 1. The van der Waals surface area contributed by atoms with E-state index in [1.807, 2.05) is 0 Å². The van der Waals surface area contributed by atoms with E-state index < -0.39 is 5.97 Å². The molecule has 92 valence electrons. The molecule has 0 unspecified atom stereocenters. The van der Waals surface area contributed by atoms with Gasteiger partial charge < -0.3 is 10.2 Å². The Balaban J connectivity index is 2.26. The number of aliphatic hydroxyl groups is 1. The molecule has 1 atom stereocenters. The molecule has 2 aliphatic heterocycles. The van der Waals surface area contributed by atoms with Gasteiger partial charge in [-0.2, -0.15) is 0 Å². The number of hydrogen-bond donors (Lipinski definition) is 2. The van der Waals surface area contributed by atoms with Crippen LogP contribution in [-0.4, -0.2) is 44.7 Å². The van der Waals surface area contributed by atoms with E-state index in [0.29, 0.717) is 15.6 Å². The smallest absolute Gasteiger partial charge is 0.354 e. The minimum Gasteiger partial charge on any atom is -0.477 e. The lowest BCUT2D eigenvalue weighted by Gasteiger charge is -2.36. The third-order valence-corrected chi connectivity index (χ3v) is 5.04. The number of fused-ring (bicyclic) bond motifs is 1. The molecule has 0 bridgehead atoms. The van der Waals surface area contributed by atoms with Gasteiger partial charge in [-0.15, -0.1) is 11.8 Å². The van der Waals surface area contributed by atoms with Crippen molar-refractivity contribution in [1.29, 1.82) is 0 Å². The molecule has 0 saturated carbocycles. The van der Waals surface area contributed by atoms with Crippen LogP contribution in [0.15, 0.2) is 21.6 Å². The minimum absolute atomic E-state index is 0.0171. The molecule has 2 aliphatic rings. The van der Waals surface area contributed by atoms with Crippen molar-refractivity contribution >= 4 is 35.4 Å². The molecule has 2 heterocycles. The summed E-state index contributed by atoms with van der Waals surface area (Å²) in [4.78, 5) is 24.1. The zero-order chi connectivity index (χ0) is 12.6. The Morgan fingerprint density at radius 1 is 1.65 bits per heavy atom. The second kappa shape index (κ2) is 4.75. The summed E-state index contributed by atoms with van der Waals surface area (Å²) in [5, 5.41) is 17.7. The number of aliphatic carboxylic acids is 1. The van der Waals surface area contributed by atoms with Gasteiger partial charge in [0.2, 0.25) is 0 Å². The first-order chi connectivity index (χ1) is 8.11. The van der Waals surface area contributed by atoms with Crippen LogP contribution >= 0.6 is 23.5 Å². The van der Waals surface area contributed by atoms with Crippen molar-refractivity contribution in [3.05, 3.63) is 21.6 Å². The van der Waals surface area contributed by atoms with Gasteiger partial charge in [0.1, 0.15) is 5.37 Å². The average molecular weight is 273 g/mol. The lowest BCUT2D eigenvalue weighted by Crippen LogP contribution is -2.51. The number of aliphatic hydroxyl groups excluding tert-OH is 1. The molecule has 0 aromatic rings. The summed E-state index contributed by atoms with van der Waals surface area (Å²) < 4.78 is 0.599. The third kappa shape index (κ3) is 1.88. The van der Waals surface area contributed by atoms with Crippen molar-refractivity contribution in [2.75, 3.05) is 12.4 Å². The van der Waals surface area contributed by atoms with Gasteiger partial charge in [0.15, 0.2) is 5.70 Å². The molecule has 0 aliphatic carbocycles. The molecule has 0 radical (unpaired) electrons. The van der Waals surface area contributed by atoms with Gasteiger partial charge in [0.25, 0.3) is 5.91 Å². The molecular weight excluding hydrogens is 262 g/mol. The molecule has 1 saturated heterocycles. The average Bonchev–Trinajstić information content (AvgIpc) is 2.62. The highest BCUT2D eigenvalue weighted by molar-refractivity contribution is 8.22. The maximum Gasteiger partial charge on any atom is 0.354 e. The standard InChI is InChI=1S/C10H11NO4S2/c1-2-5-7(13)11-6(9(14)15)10(16-4-3-12)17-8(5)11/h2,8,12H,3-4H2,1H3,(H,14,15)/t8-/m0/s1. The van der Waals surface area contributed by atoms with Crippen molar-refractivity contribution < 1.29 is 19.8 Å². The number of rotatable bonds is 4. The molecule has 7 heteroatoms. The fourth-order valence-electron chi connectivity index (χ4n) is 1.71. The van der Waals surface area contributed by atoms with Crippen LogP contribution in [0, 0.1) is 0 Å². The van der Waals surface area contributed by atoms with Crippen LogP contribution < -0.4 is 0 Å². The zero-order valence-electron chi connectivity index (χ0n) is 9.04. The van der Waals surface area contributed by atoms with Crippen molar-refractivity contribution in [1.82, 2.24) is 4.90 Å². The van der Waals surface area contributed by atoms with E-state index in [1.165, 1.54) is 28.4 Å². The monoisotopic (exact) mass is 273 g/mol. The fraction of sp³-hybridized carbons (Fsp3) is 0.400. The number of carboxylic acid groups (broad SMARTS) is 1. The first kappa shape index (κ1) is 12.5. The second-order valence-corrected chi connectivity index (χ2v) is 5.86. The summed E-state index contributed by atoms with van der Waals surface area (Å²) in [7, 11) is 0. The highest BCUT2D eigenvalue weighted by atomic mass is 32.2. The van der Waals surface area contributed by atoms with Crippen LogP contribution in [0.4, 0.5) is 0 Å². The molecular formula is C10H11NO4S2. The predicted molar refractivity (Wildman–Crippen MR) is 66.2 cm³/mol. The van der Waals surface area contributed by atoms with Crippen molar-refractivity contribution in [2.45, 2.75) is 12.3 Å². The number of hydrogen-bond acceptors (Lipinski definition) is 5. The Morgan fingerprint density at radius 3 is 2.88 bits per heavy atom. The molecule has 1 amide bonds. The van der Waals surface area contributed by atoms with E-state index in [-0.39, 0.29) is 23.6 Å². The molecule has 0 spiro atoms. The Kier molecular flexibility index (Phi) is 3.50. The summed E-state index contributed by atoms with van der Waals surface area (Å²) in [5.41, 5.74) is 0.697. The van der Waals surface area contributed by atoms with Gasteiger partial charge >= 0.3 is 5.97 Å². The number of carbonyl (C=O) groups excluding carboxylic acids is 1. The molecule has 0 aromatic heterocycles. The number of carbonyl (C=O) groups is 2. The largest absolute Gasteiger partial charge is 0.477 e. The van der Waals surface area contributed by atoms with Gasteiger partial charge in [-0.05, 0) is 6.92 Å². The number of thioether (sulfide) groups is 2. The maximum absolute atomic E-state index is 11.7. The third-order valence-electron chi connectivity index (χ3n) is 2.46. The molecule has 17 heavy (non-hydrogen) atoms. The van der Waals surface area contributed by atoms with Crippen molar-refractivity contribution in [3.8, 4) is 0 Å². The summed E-state index contributed by atoms with van der Waals surface area (Å²) in [6.07, 6.45) is 1.72. The van der Waals surface area contributed by atoms with Gasteiger partial charge in [0.05, 0.1) is 10.8 Å². The fourth-order valence-corrected chi connectivity index (χ4v) is 4.28. The topological polar surface area (TPSA) is 77.8 Å². The highest BCUT2D eigenvalue weighted by Crippen LogP contribution is 2.52. The number of nitrogens with zero attached hydrogens (tertiary/aromatic N) is 1. The molecule has 2 rings (SSSR count). The summed E-state index contributed by atoms with van der Waals surface area (Å²) in [6.45, 7) is 1.75. The number of β-lactam (4-membered cyclic amide) rings is 1. The lowest BCUT2D eigenvalue weighted by atomic mass is 10.1. The second-order valence-electron chi connectivity index (χ2n) is 3.40. The van der Waals surface area contributed by atoms with Crippen LogP contribution in [0.3, 0.4) is 0 Å². The van der Waals surface area contributed by atoms with Crippen LogP contribution in [0.2, 0.25) is 0 Å². The van der Waals surface area contributed by atoms with Crippen molar-refractivity contribution in [3.63, 3.8) is 0 Å². The van der Waals surface area contributed by atoms with E-state index in [4.69, 9.17) is 10.2 Å². The van der Waals surface area contributed by atoms with E-state index in [1.54, 1.807) is 13.0 Å². The van der Waals surface area contributed by atoms with E-state index in [0.717, 1.165) is 0 Å². The molecule has 1 fully saturated rings. The van der Waals surface area contributed by atoms with Gasteiger partial charge in [-0.3, -0.25) is 9.69 Å². The van der Waals surface area contributed by atoms with Gasteiger partial charge in [-0.1, -0.05) is 17.8 Å². The Bertz CT molecular complexity index is 444. The zero-order valence-corrected chi connectivity index (χ0v) is 10.7. The van der Waals surface area contributed by atoms with Crippen LogP contribution in [0.25, 0.3) is 0 Å².